The number of amides is 1. The molecule has 7 heteroatoms. The first kappa shape index (κ1) is 14.8. The van der Waals surface area contributed by atoms with Crippen LogP contribution in [0.1, 0.15) is 23.8 Å². The third-order valence-corrected chi connectivity index (χ3v) is 5.71. The molecule has 0 bridgehead atoms. The first-order valence-corrected chi connectivity index (χ1v) is 8.83. The number of aromatic nitrogens is 2. The lowest BCUT2D eigenvalue weighted by molar-refractivity contribution is 0.0910. The number of aromatic amines is 1. The fraction of sp³-hybridized carbons (Fsp3) is 0.333. The van der Waals surface area contributed by atoms with Crippen molar-refractivity contribution in [1.29, 1.82) is 0 Å². The van der Waals surface area contributed by atoms with Gasteiger partial charge in [-0.05, 0) is 19.4 Å². The molecule has 2 N–H and O–H groups in total. The van der Waals surface area contributed by atoms with E-state index >= 15 is 0 Å². The molecule has 2 aromatic rings. The van der Waals surface area contributed by atoms with Crippen molar-refractivity contribution in [2.24, 2.45) is 0 Å². The third kappa shape index (κ3) is 3.04. The lowest BCUT2D eigenvalue weighted by atomic mass is 10.0. The second-order valence-corrected chi connectivity index (χ2v) is 8.07. The van der Waals surface area contributed by atoms with Crippen LogP contribution in [0.4, 0.5) is 0 Å². The molecule has 0 aliphatic carbocycles. The predicted octanol–water partition coefficient (Wildman–Crippen LogP) is 1.38. The zero-order valence-electron chi connectivity index (χ0n) is 12.2. The maximum Gasteiger partial charge on any atom is 0.269 e. The van der Waals surface area contributed by atoms with Gasteiger partial charge < -0.3 is 5.32 Å². The Morgan fingerprint density at radius 2 is 2.05 bits per heavy atom. The predicted molar refractivity (Wildman–Crippen MR) is 83.2 cm³/mol. The van der Waals surface area contributed by atoms with Crippen LogP contribution in [0.15, 0.2) is 36.4 Å². The molecular weight excluding hydrogens is 302 g/mol. The van der Waals surface area contributed by atoms with Gasteiger partial charge in [0.15, 0.2) is 9.84 Å². The lowest BCUT2D eigenvalue weighted by Gasteiger charge is -2.23. The van der Waals surface area contributed by atoms with Gasteiger partial charge in [0.05, 0.1) is 22.7 Å². The largest absolute Gasteiger partial charge is 0.345 e. The number of nitrogens with zero attached hydrogens (tertiary/aromatic N) is 1. The van der Waals surface area contributed by atoms with Crippen molar-refractivity contribution in [3.63, 3.8) is 0 Å². The number of hydrogen-bond acceptors (Lipinski definition) is 4. The SMILES string of the molecule is C[C@@]1(NC(=O)c2cc(-c3ccccc3)n[nH]2)CCS(=O)(=O)C1. The summed E-state index contributed by atoms with van der Waals surface area (Å²) < 4.78 is 23.2. The number of carbonyl (C=O) groups excluding carboxylic acids is 1. The second-order valence-electron chi connectivity index (χ2n) is 5.89. The van der Waals surface area contributed by atoms with Gasteiger partial charge in [0, 0.05) is 5.56 Å². The van der Waals surface area contributed by atoms with Crippen LogP contribution in [0.5, 0.6) is 0 Å². The Hall–Kier alpha value is -2.15. The molecule has 1 aromatic heterocycles. The molecule has 1 aromatic carbocycles. The molecule has 22 heavy (non-hydrogen) atoms. The highest BCUT2D eigenvalue weighted by molar-refractivity contribution is 7.91. The summed E-state index contributed by atoms with van der Waals surface area (Å²) in [6.45, 7) is 1.75. The van der Waals surface area contributed by atoms with Gasteiger partial charge in [0.25, 0.3) is 5.91 Å². The van der Waals surface area contributed by atoms with E-state index in [2.05, 4.69) is 15.5 Å². The van der Waals surface area contributed by atoms with Crippen LogP contribution in [-0.2, 0) is 9.84 Å². The van der Waals surface area contributed by atoms with Crippen molar-refractivity contribution in [3.8, 4) is 11.3 Å². The Kier molecular flexibility index (Phi) is 3.52. The van der Waals surface area contributed by atoms with Gasteiger partial charge in [-0.1, -0.05) is 30.3 Å². The average molecular weight is 319 g/mol. The molecule has 0 saturated carbocycles. The minimum atomic E-state index is -3.06. The summed E-state index contributed by atoms with van der Waals surface area (Å²) in [7, 11) is -3.06. The summed E-state index contributed by atoms with van der Waals surface area (Å²) >= 11 is 0. The van der Waals surface area contributed by atoms with Gasteiger partial charge in [-0.3, -0.25) is 9.89 Å². The van der Waals surface area contributed by atoms with Gasteiger partial charge >= 0.3 is 0 Å². The van der Waals surface area contributed by atoms with E-state index in [9.17, 15) is 13.2 Å². The Morgan fingerprint density at radius 1 is 1.32 bits per heavy atom. The number of hydrogen-bond donors (Lipinski definition) is 2. The van der Waals surface area contributed by atoms with E-state index in [1.807, 2.05) is 30.3 Å². The van der Waals surface area contributed by atoms with Gasteiger partial charge in [0.1, 0.15) is 5.69 Å². The monoisotopic (exact) mass is 319 g/mol. The lowest BCUT2D eigenvalue weighted by Crippen LogP contribution is -2.47. The Morgan fingerprint density at radius 3 is 2.68 bits per heavy atom. The van der Waals surface area contributed by atoms with Crippen LogP contribution in [0.2, 0.25) is 0 Å². The van der Waals surface area contributed by atoms with Crippen LogP contribution in [0.25, 0.3) is 11.3 Å². The van der Waals surface area contributed by atoms with Crippen LogP contribution in [-0.4, -0.2) is 41.6 Å². The first-order chi connectivity index (χ1) is 10.4. The number of nitrogens with one attached hydrogen (secondary N) is 2. The number of sulfone groups is 1. The molecule has 0 radical (unpaired) electrons. The highest BCUT2D eigenvalue weighted by Crippen LogP contribution is 2.23. The molecule has 2 heterocycles. The molecule has 116 valence electrons. The normalized spacial score (nSPS) is 23.3. The van der Waals surface area contributed by atoms with Crippen LogP contribution >= 0.6 is 0 Å². The molecule has 1 fully saturated rings. The fourth-order valence-corrected chi connectivity index (χ4v) is 4.74. The van der Waals surface area contributed by atoms with Crippen molar-refractivity contribution >= 4 is 15.7 Å². The van der Waals surface area contributed by atoms with E-state index in [0.29, 0.717) is 17.8 Å². The summed E-state index contributed by atoms with van der Waals surface area (Å²) in [4.78, 5) is 12.3. The molecule has 6 nitrogen and oxygen atoms in total. The second kappa shape index (κ2) is 5.24. The summed E-state index contributed by atoms with van der Waals surface area (Å²) in [6.07, 6.45) is 0.431. The summed E-state index contributed by atoms with van der Waals surface area (Å²) in [5.41, 5.74) is 1.19. The van der Waals surface area contributed by atoms with Crippen molar-refractivity contribution in [3.05, 3.63) is 42.1 Å². The topological polar surface area (TPSA) is 91.9 Å². The zero-order chi connectivity index (χ0) is 15.8. The van der Waals surface area contributed by atoms with Crippen LogP contribution < -0.4 is 5.32 Å². The van der Waals surface area contributed by atoms with Gasteiger partial charge in [-0.15, -0.1) is 0 Å². The van der Waals surface area contributed by atoms with Crippen molar-refractivity contribution in [2.45, 2.75) is 18.9 Å². The maximum absolute atomic E-state index is 12.3. The standard InChI is InChI=1S/C15H17N3O3S/c1-15(7-8-22(20,21)10-15)16-14(19)13-9-12(17-18-13)11-5-3-2-4-6-11/h2-6,9H,7-8,10H2,1H3,(H,16,19)(H,17,18)/t15-/m1/s1. The quantitative estimate of drug-likeness (QED) is 0.894. The number of H-pyrrole nitrogens is 1. The molecule has 3 rings (SSSR count). The van der Waals surface area contributed by atoms with E-state index in [1.165, 1.54) is 0 Å². The number of rotatable bonds is 3. The zero-order valence-corrected chi connectivity index (χ0v) is 13.0. The van der Waals surface area contributed by atoms with E-state index in [1.54, 1.807) is 13.0 Å². The fourth-order valence-electron chi connectivity index (χ4n) is 2.65. The van der Waals surface area contributed by atoms with Crippen LogP contribution in [0, 0.1) is 0 Å². The smallest absolute Gasteiger partial charge is 0.269 e. The van der Waals surface area contributed by atoms with Crippen molar-refractivity contribution in [1.82, 2.24) is 15.5 Å². The Balaban J connectivity index is 1.75. The van der Waals surface area contributed by atoms with Crippen LogP contribution in [0.3, 0.4) is 0 Å². The average Bonchev–Trinajstić information content (AvgIpc) is 3.05. The van der Waals surface area contributed by atoms with Crippen molar-refractivity contribution < 1.29 is 13.2 Å². The molecule has 1 aliphatic rings. The molecule has 1 aliphatic heterocycles. The third-order valence-electron chi connectivity index (χ3n) is 3.81. The summed E-state index contributed by atoms with van der Waals surface area (Å²) in [5.74, 6) is -0.248. The van der Waals surface area contributed by atoms with E-state index in [0.717, 1.165) is 5.56 Å². The first-order valence-electron chi connectivity index (χ1n) is 7.01. The molecule has 0 unspecified atom stereocenters. The molecule has 1 saturated heterocycles. The molecule has 0 spiro atoms. The number of benzene rings is 1. The molecule has 1 atom stereocenters. The summed E-state index contributed by atoms with van der Waals surface area (Å²) in [6, 6.07) is 11.2. The minimum absolute atomic E-state index is 0.0224. The van der Waals surface area contributed by atoms with E-state index in [4.69, 9.17) is 0 Å². The van der Waals surface area contributed by atoms with Gasteiger partial charge in [-0.2, -0.15) is 5.10 Å². The van der Waals surface area contributed by atoms with E-state index < -0.39 is 15.4 Å². The Labute approximate surface area is 128 Å². The summed E-state index contributed by atoms with van der Waals surface area (Å²) in [5, 5.41) is 9.64. The maximum atomic E-state index is 12.3. The number of carbonyl (C=O) groups is 1. The van der Waals surface area contributed by atoms with Crippen molar-refractivity contribution in [2.75, 3.05) is 11.5 Å². The highest BCUT2D eigenvalue weighted by Gasteiger charge is 2.39. The Bertz CT molecular complexity index is 798. The van der Waals surface area contributed by atoms with Gasteiger partial charge in [0.2, 0.25) is 0 Å². The molecular formula is C15H17N3O3S. The highest BCUT2D eigenvalue weighted by atomic mass is 32.2. The van der Waals surface area contributed by atoms with E-state index in [-0.39, 0.29) is 17.4 Å². The minimum Gasteiger partial charge on any atom is -0.345 e. The van der Waals surface area contributed by atoms with Gasteiger partial charge in [-0.25, -0.2) is 8.42 Å². The molecule has 1 amide bonds.